The highest BCUT2D eigenvalue weighted by Crippen LogP contribution is 2.29. The van der Waals surface area contributed by atoms with E-state index in [4.69, 9.17) is 4.74 Å². The van der Waals surface area contributed by atoms with Gasteiger partial charge >= 0.3 is 6.18 Å². The van der Waals surface area contributed by atoms with E-state index in [0.29, 0.717) is 5.56 Å². The Morgan fingerprint density at radius 3 is 2.43 bits per heavy atom. The standard InChI is InChI=1S/C19H15F5N4O2/c1-11(20)17(29)28-8-15(27-18-25-6-14(21)7-26-18)16(9-28)30-10-12-2-4-13(5-3-12)19(22,23)24/h2-7,16H,1,8-10H2/b27-15+/t16-/m1/s1. The molecule has 0 unspecified atom stereocenters. The number of nitrogens with zero attached hydrogens (tertiary/aromatic N) is 4. The lowest BCUT2D eigenvalue weighted by Gasteiger charge is -2.15. The van der Waals surface area contributed by atoms with Crippen LogP contribution in [-0.2, 0) is 22.3 Å². The maximum absolute atomic E-state index is 13.2. The van der Waals surface area contributed by atoms with Crippen LogP contribution in [0.1, 0.15) is 11.1 Å². The summed E-state index contributed by atoms with van der Waals surface area (Å²) in [7, 11) is 0. The molecule has 1 amide bonds. The Kier molecular flexibility index (Phi) is 6.20. The van der Waals surface area contributed by atoms with Gasteiger partial charge in [-0.15, -0.1) is 0 Å². The molecule has 30 heavy (non-hydrogen) atoms. The third-order valence-electron chi connectivity index (χ3n) is 4.21. The second-order valence-electron chi connectivity index (χ2n) is 6.39. The number of rotatable bonds is 5. The highest BCUT2D eigenvalue weighted by molar-refractivity contribution is 6.01. The minimum atomic E-state index is -4.45. The molecule has 1 fully saturated rings. The second-order valence-corrected chi connectivity index (χ2v) is 6.39. The molecule has 11 heteroatoms. The number of aromatic nitrogens is 2. The number of aliphatic imine (C=N–C) groups is 1. The summed E-state index contributed by atoms with van der Waals surface area (Å²) < 4.78 is 69.9. The molecule has 1 aromatic carbocycles. The molecule has 1 saturated heterocycles. The largest absolute Gasteiger partial charge is 0.416 e. The zero-order valence-electron chi connectivity index (χ0n) is 15.4. The van der Waals surface area contributed by atoms with E-state index >= 15 is 0 Å². The molecule has 0 saturated carbocycles. The maximum atomic E-state index is 13.2. The summed E-state index contributed by atoms with van der Waals surface area (Å²) in [5, 5.41) is 0. The van der Waals surface area contributed by atoms with Crippen LogP contribution in [0.15, 0.2) is 54.1 Å². The van der Waals surface area contributed by atoms with Crippen LogP contribution in [0.5, 0.6) is 0 Å². The summed E-state index contributed by atoms with van der Waals surface area (Å²) in [4.78, 5) is 24.5. The number of carbonyl (C=O) groups is 1. The first kappa shape index (κ1) is 21.5. The normalized spacial score (nSPS) is 18.1. The van der Waals surface area contributed by atoms with Gasteiger partial charge in [0.15, 0.2) is 11.6 Å². The molecule has 1 aromatic heterocycles. The van der Waals surface area contributed by atoms with Crippen LogP contribution in [0.4, 0.5) is 27.9 Å². The van der Waals surface area contributed by atoms with Crippen molar-refractivity contribution >= 4 is 17.6 Å². The SMILES string of the molecule is C=C(F)C(=O)N1C/C(=N\c2ncc(F)cn2)[C@H](OCc2ccc(C(F)(F)F)cc2)C1. The topological polar surface area (TPSA) is 67.7 Å². The number of hydrogen-bond acceptors (Lipinski definition) is 5. The summed E-state index contributed by atoms with van der Waals surface area (Å²) in [6.07, 6.45) is -3.42. The van der Waals surface area contributed by atoms with Gasteiger partial charge in [-0.1, -0.05) is 18.7 Å². The number of amides is 1. The van der Waals surface area contributed by atoms with Crippen molar-refractivity contribution in [1.29, 1.82) is 0 Å². The fraction of sp³-hybridized carbons (Fsp3) is 0.263. The van der Waals surface area contributed by atoms with Gasteiger partial charge < -0.3 is 9.64 Å². The Morgan fingerprint density at radius 1 is 1.23 bits per heavy atom. The van der Waals surface area contributed by atoms with Crippen LogP contribution in [0.3, 0.4) is 0 Å². The molecular formula is C19H15F5N4O2. The highest BCUT2D eigenvalue weighted by Gasteiger charge is 2.34. The monoisotopic (exact) mass is 426 g/mol. The molecule has 0 aliphatic carbocycles. The highest BCUT2D eigenvalue weighted by atomic mass is 19.4. The van der Waals surface area contributed by atoms with Crippen molar-refractivity contribution in [3.63, 3.8) is 0 Å². The Labute approximate surface area is 167 Å². The molecule has 1 atom stereocenters. The molecule has 2 heterocycles. The van der Waals surface area contributed by atoms with E-state index in [-0.39, 0.29) is 31.4 Å². The van der Waals surface area contributed by atoms with Crippen molar-refractivity contribution < 1.29 is 31.5 Å². The third kappa shape index (κ3) is 5.23. The Hall–Kier alpha value is -3.21. The van der Waals surface area contributed by atoms with Crippen LogP contribution in [0.25, 0.3) is 0 Å². The molecule has 0 N–H and O–H groups in total. The van der Waals surface area contributed by atoms with Crippen LogP contribution >= 0.6 is 0 Å². The average Bonchev–Trinajstić information content (AvgIpc) is 3.09. The van der Waals surface area contributed by atoms with Gasteiger partial charge in [0.25, 0.3) is 5.91 Å². The van der Waals surface area contributed by atoms with Crippen molar-refractivity contribution in [3.8, 4) is 0 Å². The van der Waals surface area contributed by atoms with Gasteiger partial charge in [0, 0.05) is 0 Å². The summed E-state index contributed by atoms with van der Waals surface area (Å²) in [5.74, 6) is -2.84. The van der Waals surface area contributed by atoms with Crippen LogP contribution in [-0.4, -0.2) is 45.7 Å². The van der Waals surface area contributed by atoms with E-state index in [9.17, 15) is 26.7 Å². The fourth-order valence-corrected chi connectivity index (χ4v) is 2.73. The van der Waals surface area contributed by atoms with Gasteiger partial charge in [-0.25, -0.2) is 23.7 Å². The Bertz CT molecular complexity index is 958. The fourth-order valence-electron chi connectivity index (χ4n) is 2.73. The van der Waals surface area contributed by atoms with Crippen LogP contribution in [0.2, 0.25) is 0 Å². The molecule has 1 aliphatic rings. The summed E-state index contributed by atoms with van der Waals surface area (Å²) in [6.45, 7) is 2.74. The summed E-state index contributed by atoms with van der Waals surface area (Å²) >= 11 is 0. The number of likely N-dealkylation sites (tertiary alicyclic amines) is 1. The van der Waals surface area contributed by atoms with Gasteiger partial charge in [-0.3, -0.25) is 4.79 Å². The smallest absolute Gasteiger partial charge is 0.366 e. The number of ether oxygens (including phenoxy) is 1. The van der Waals surface area contributed by atoms with E-state index in [1.165, 1.54) is 12.1 Å². The number of halogens is 5. The molecule has 6 nitrogen and oxygen atoms in total. The summed E-state index contributed by atoms with van der Waals surface area (Å²) in [5.41, 5.74) is -0.0516. The van der Waals surface area contributed by atoms with E-state index in [1.54, 1.807) is 0 Å². The predicted molar refractivity (Wildman–Crippen MR) is 95.9 cm³/mol. The first-order valence-corrected chi connectivity index (χ1v) is 8.60. The molecule has 0 radical (unpaired) electrons. The van der Waals surface area contributed by atoms with Gasteiger partial charge in [0.2, 0.25) is 5.95 Å². The minimum absolute atomic E-state index is 0.0531. The molecular weight excluding hydrogens is 411 g/mol. The molecule has 3 rings (SSSR count). The second kappa shape index (κ2) is 8.66. The van der Waals surface area contributed by atoms with Crippen molar-refractivity contribution in [1.82, 2.24) is 14.9 Å². The van der Waals surface area contributed by atoms with E-state index < -0.39 is 35.4 Å². The van der Waals surface area contributed by atoms with E-state index in [2.05, 4.69) is 21.5 Å². The lowest BCUT2D eigenvalue weighted by Crippen LogP contribution is -2.30. The van der Waals surface area contributed by atoms with Gasteiger partial charge in [0.1, 0.15) is 6.10 Å². The van der Waals surface area contributed by atoms with E-state index in [0.717, 1.165) is 29.4 Å². The van der Waals surface area contributed by atoms with Crippen LogP contribution < -0.4 is 0 Å². The number of benzene rings is 1. The van der Waals surface area contributed by atoms with Gasteiger partial charge in [0.05, 0.1) is 43.4 Å². The zero-order valence-corrected chi connectivity index (χ0v) is 15.4. The van der Waals surface area contributed by atoms with Crippen molar-refractivity contribution in [3.05, 3.63) is 66.0 Å². The molecule has 0 spiro atoms. The zero-order chi connectivity index (χ0) is 21.9. The van der Waals surface area contributed by atoms with Crippen molar-refractivity contribution in [2.45, 2.75) is 18.9 Å². The molecule has 1 aliphatic heterocycles. The summed E-state index contributed by atoms with van der Waals surface area (Å²) in [6, 6.07) is 4.39. The number of carbonyl (C=O) groups excluding carboxylic acids is 1. The maximum Gasteiger partial charge on any atom is 0.416 e. The quantitative estimate of drug-likeness (QED) is 0.541. The van der Waals surface area contributed by atoms with Gasteiger partial charge in [-0.2, -0.15) is 13.2 Å². The Balaban J connectivity index is 1.76. The van der Waals surface area contributed by atoms with Gasteiger partial charge in [-0.05, 0) is 17.7 Å². The minimum Gasteiger partial charge on any atom is -0.366 e. The molecule has 0 bridgehead atoms. The van der Waals surface area contributed by atoms with Crippen molar-refractivity contribution in [2.24, 2.45) is 4.99 Å². The molecule has 158 valence electrons. The first-order chi connectivity index (χ1) is 14.1. The number of alkyl halides is 3. The third-order valence-corrected chi connectivity index (χ3v) is 4.21. The first-order valence-electron chi connectivity index (χ1n) is 8.60. The van der Waals surface area contributed by atoms with Crippen molar-refractivity contribution in [2.75, 3.05) is 13.1 Å². The average molecular weight is 426 g/mol. The Morgan fingerprint density at radius 2 is 1.87 bits per heavy atom. The van der Waals surface area contributed by atoms with Crippen LogP contribution in [0, 0.1) is 5.82 Å². The number of hydrogen-bond donors (Lipinski definition) is 0. The predicted octanol–water partition coefficient (Wildman–Crippen LogP) is 3.62. The lowest BCUT2D eigenvalue weighted by molar-refractivity contribution is -0.137. The van der Waals surface area contributed by atoms with E-state index in [1.807, 2.05) is 0 Å². The lowest BCUT2D eigenvalue weighted by atomic mass is 10.1. The molecule has 2 aromatic rings.